The van der Waals surface area contributed by atoms with E-state index in [1.807, 2.05) is 24.3 Å². The van der Waals surface area contributed by atoms with Crippen LogP contribution in [0, 0.1) is 0 Å². The number of aromatic amines is 1. The molecule has 3 aromatic rings. The van der Waals surface area contributed by atoms with Crippen LogP contribution in [-0.2, 0) is 11.3 Å². The number of ether oxygens (including phenoxy) is 1. The van der Waals surface area contributed by atoms with Gasteiger partial charge in [-0.15, -0.1) is 0 Å². The van der Waals surface area contributed by atoms with Crippen molar-refractivity contribution in [2.75, 3.05) is 39.4 Å². The molecule has 2 aliphatic rings. The van der Waals surface area contributed by atoms with Crippen molar-refractivity contribution >= 4 is 0 Å². The molecule has 2 fully saturated rings. The van der Waals surface area contributed by atoms with Gasteiger partial charge in [-0.05, 0) is 17.7 Å². The molecule has 2 aromatic heterocycles. The topological polar surface area (TPSA) is 74.3 Å². The van der Waals surface area contributed by atoms with E-state index >= 15 is 0 Å². The fourth-order valence-electron chi connectivity index (χ4n) is 4.13. The van der Waals surface area contributed by atoms with Crippen LogP contribution < -0.4 is 5.56 Å². The monoisotopic (exact) mass is 403 g/mol. The first-order valence-corrected chi connectivity index (χ1v) is 10.4. The Morgan fingerprint density at radius 2 is 1.87 bits per heavy atom. The number of nitrogens with zero attached hydrogens (tertiary/aromatic N) is 4. The van der Waals surface area contributed by atoms with E-state index in [2.05, 4.69) is 36.9 Å². The van der Waals surface area contributed by atoms with Gasteiger partial charge in [0.2, 0.25) is 0 Å². The highest BCUT2D eigenvalue weighted by molar-refractivity contribution is 5.62. The second kappa shape index (κ2) is 8.47. The van der Waals surface area contributed by atoms with Gasteiger partial charge in [0, 0.05) is 68.4 Å². The second-order valence-corrected chi connectivity index (χ2v) is 7.91. The van der Waals surface area contributed by atoms with Crippen molar-refractivity contribution in [1.29, 1.82) is 0 Å². The maximum absolute atomic E-state index is 12.1. The van der Waals surface area contributed by atoms with E-state index in [9.17, 15) is 4.79 Å². The van der Waals surface area contributed by atoms with Gasteiger partial charge in [0.1, 0.15) is 5.82 Å². The Bertz CT molecular complexity index is 1040. The highest BCUT2D eigenvalue weighted by Gasteiger charge is 2.32. The Balaban J connectivity index is 1.25. The summed E-state index contributed by atoms with van der Waals surface area (Å²) in [6.45, 7) is 6.99. The smallest absolute Gasteiger partial charge is 0.251 e. The summed E-state index contributed by atoms with van der Waals surface area (Å²) < 4.78 is 5.44. The summed E-state index contributed by atoms with van der Waals surface area (Å²) in [6.07, 6.45) is 3.42. The van der Waals surface area contributed by atoms with Crippen molar-refractivity contribution < 1.29 is 4.74 Å². The lowest BCUT2D eigenvalue weighted by Gasteiger charge is -2.46. The molecule has 0 atom stereocenters. The van der Waals surface area contributed by atoms with Gasteiger partial charge in [-0.1, -0.05) is 24.3 Å². The van der Waals surface area contributed by atoms with Gasteiger partial charge < -0.3 is 9.72 Å². The van der Waals surface area contributed by atoms with Gasteiger partial charge >= 0.3 is 0 Å². The van der Waals surface area contributed by atoms with E-state index in [4.69, 9.17) is 4.74 Å². The van der Waals surface area contributed by atoms with Gasteiger partial charge in [-0.3, -0.25) is 19.6 Å². The number of benzene rings is 1. The largest absolute Gasteiger partial charge is 0.379 e. The molecule has 5 rings (SSSR count). The lowest BCUT2D eigenvalue weighted by molar-refractivity contribution is -0.0344. The summed E-state index contributed by atoms with van der Waals surface area (Å²) in [7, 11) is 0. The number of nitrogens with one attached hydrogen (secondary N) is 1. The van der Waals surface area contributed by atoms with E-state index in [0.717, 1.165) is 57.1 Å². The van der Waals surface area contributed by atoms with Gasteiger partial charge in [0.25, 0.3) is 5.56 Å². The zero-order valence-corrected chi connectivity index (χ0v) is 16.8. The summed E-state index contributed by atoms with van der Waals surface area (Å²) >= 11 is 0. The molecule has 0 unspecified atom stereocenters. The first-order chi connectivity index (χ1) is 14.7. The molecule has 0 saturated carbocycles. The Morgan fingerprint density at radius 3 is 2.60 bits per heavy atom. The highest BCUT2D eigenvalue weighted by Crippen LogP contribution is 2.22. The van der Waals surface area contributed by atoms with Crippen molar-refractivity contribution in [3.63, 3.8) is 0 Å². The minimum Gasteiger partial charge on any atom is -0.379 e. The predicted molar refractivity (Wildman–Crippen MR) is 115 cm³/mol. The molecule has 0 radical (unpaired) electrons. The molecule has 30 heavy (non-hydrogen) atoms. The number of rotatable bonds is 5. The van der Waals surface area contributed by atoms with Crippen molar-refractivity contribution in [3.8, 4) is 22.6 Å². The Kier molecular flexibility index (Phi) is 5.40. The third-order valence-corrected chi connectivity index (χ3v) is 5.83. The minimum atomic E-state index is -0.169. The molecule has 2 aliphatic heterocycles. The van der Waals surface area contributed by atoms with Crippen LogP contribution in [0.25, 0.3) is 22.6 Å². The molecular formula is C23H25N5O2. The van der Waals surface area contributed by atoms with Crippen LogP contribution in [0.5, 0.6) is 0 Å². The van der Waals surface area contributed by atoms with Gasteiger partial charge in [0.05, 0.1) is 18.9 Å². The molecule has 1 aromatic carbocycles. The molecule has 154 valence electrons. The van der Waals surface area contributed by atoms with Crippen molar-refractivity contribution in [2.45, 2.75) is 12.6 Å². The first-order valence-electron chi connectivity index (χ1n) is 10.4. The summed E-state index contributed by atoms with van der Waals surface area (Å²) in [6, 6.07) is 14.2. The normalized spacial score (nSPS) is 18.3. The van der Waals surface area contributed by atoms with Crippen LogP contribution in [-0.4, -0.2) is 70.2 Å². The predicted octanol–water partition coefficient (Wildman–Crippen LogP) is 2.02. The fraction of sp³-hybridized carbons (Fsp3) is 0.348. The molecule has 4 heterocycles. The zero-order valence-electron chi connectivity index (χ0n) is 16.8. The fourth-order valence-corrected chi connectivity index (χ4v) is 4.13. The van der Waals surface area contributed by atoms with Crippen LogP contribution in [0.3, 0.4) is 0 Å². The van der Waals surface area contributed by atoms with Crippen molar-refractivity contribution in [1.82, 2.24) is 24.8 Å². The molecule has 2 saturated heterocycles. The summed E-state index contributed by atoms with van der Waals surface area (Å²) in [5, 5.41) is 0. The standard InChI is InChI=1S/C23H25N5O2/c29-22-12-21(19-2-1-7-24-13-19)25-23(26-22)18-5-3-17(4-6-18)14-27-15-20(16-27)28-8-10-30-11-9-28/h1-7,12-13,20H,8-11,14-16H2,(H,25,26,29). The van der Waals surface area contributed by atoms with E-state index < -0.39 is 0 Å². The van der Waals surface area contributed by atoms with E-state index in [-0.39, 0.29) is 5.56 Å². The number of hydrogen-bond donors (Lipinski definition) is 1. The maximum atomic E-state index is 12.1. The average Bonchev–Trinajstić information content (AvgIpc) is 2.77. The molecule has 7 nitrogen and oxygen atoms in total. The number of H-pyrrole nitrogens is 1. The number of aromatic nitrogens is 3. The Labute approximate surface area is 175 Å². The number of likely N-dealkylation sites (tertiary alicyclic amines) is 1. The average molecular weight is 403 g/mol. The number of morpholine rings is 1. The second-order valence-electron chi connectivity index (χ2n) is 7.91. The summed E-state index contributed by atoms with van der Waals surface area (Å²) in [5.41, 5.74) is 3.45. The van der Waals surface area contributed by atoms with E-state index in [1.165, 1.54) is 11.6 Å². The zero-order chi connectivity index (χ0) is 20.3. The van der Waals surface area contributed by atoms with E-state index in [1.54, 1.807) is 12.4 Å². The molecule has 0 amide bonds. The summed E-state index contributed by atoms with van der Waals surface area (Å²) in [4.78, 5) is 28.7. The lowest BCUT2D eigenvalue weighted by atomic mass is 10.0. The molecular weight excluding hydrogens is 378 g/mol. The third-order valence-electron chi connectivity index (χ3n) is 5.83. The molecule has 7 heteroatoms. The van der Waals surface area contributed by atoms with Gasteiger partial charge in [-0.2, -0.15) is 0 Å². The molecule has 1 N–H and O–H groups in total. The SMILES string of the molecule is O=c1cc(-c2cccnc2)nc(-c2ccc(CN3CC(N4CCOCC4)C3)cc2)[nH]1. The number of pyridine rings is 1. The molecule has 0 bridgehead atoms. The Hall–Kier alpha value is -2.87. The molecule has 0 aliphatic carbocycles. The van der Waals surface area contributed by atoms with Crippen molar-refractivity contribution in [2.24, 2.45) is 0 Å². The summed E-state index contributed by atoms with van der Waals surface area (Å²) in [5.74, 6) is 0.573. The van der Waals surface area contributed by atoms with Gasteiger partial charge in [0.15, 0.2) is 0 Å². The maximum Gasteiger partial charge on any atom is 0.251 e. The van der Waals surface area contributed by atoms with Crippen LogP contribution >= 0.6 is 0 Å². The van der Waals surface area contributed by atoms with E-state index in [0.29, 0.717) is 17.6 Å². The number of hydrogen-bond acceptors (Lipinski definition) is 6. The van der Waals surface area contributed by atoms with Crippen LogP contribution in [0.4, 0.5) is 0 Å². The highest BCUT2D eigenvalue weighted by atomic mass is 16.5. The van der Waals surface area contributed by atoms with Crippen molar-refractivity contribution in [3.05, 3.63) is 70.8 Å². The Morgan fingerprint density at radius 1 is 1.07 bits per heavy atom. The first kappa shape index (κ1) is 19.1. The quantitative estimate of drug-likeness (QED) is 0.703. The lowest BCUT2D eigenvalue weighted by Crippen LogP contribution is -2.60. The minimum absolute atomic E-state index is 0.169. The van der Waals surface area contributed by atoms with Crippen LogP contribution in [0.2, 0.25) is 0 Å². The van der Waals surface area contributed by atoms with Gasteiger partial charge in [-0.25, -0.2) is 4.98 Å². The third kappa shape index (κ3) is 4.18. The van der Waals surface area contributed by atoms with Crippen LogP contribution in [0.1, 0.15) is 5.56 Å². The van der Waals surface area contributed by atoms with Crippen LogP contribution in [0.15, 0.2) is 59.7 Å². The molecule has 0 spiro atoms.